The zero-order chi connectivity index (χ0) is 23.2. The topological polar surface area (TPSA) is 82.8 Å². The van der Waals surface area contributed by atoms with E-state index in [0.29, 0.717) is 42.5 Å². The molecule has 0 spiro atoms. The van der Waals surface area contributed by atoms with Crippen molar-refractivity contribution in [1.29, 1.82) is 0 Å². The number of amides is 2. The first-order chi connectivity index (χ1) is 16.0. The summed E-state index contributed by atoms with van der Waals surface area (Å²) in [5, 5.41) is 6.05. The number of carbonyl (C=O) groups is 2. The first-order valence-electron chi connectivity index (χ1n) is 11.3. The Kier molecular flexibility index (Phi) is 7.51. The maximum Gasteiger partial charge on any atom is 0.253 e. The maximum absolute atomic E-state index is 13.0. The largest absolute Gasteiger partial charge is 0.342 e. The molecule has 3 aromatic rings. The molecule has 2 aromatic heterocycles. The minimum absolute atomic E-state index is 0.0181. The molecule has 33 heavy (non-hydrogen) atoms. The SMILES string of the molecule is CCN(C)C(=O)c1cccc(C(=O)N2CCN(CCCc3nc(-c4cccs4)no3)CC2)c1. The highest BCUT2D eigenvalue weighted by Gasteiger charge is 2.23. The second-order valence-electron chi connectivity index (χ2n) is 8.13. The van der Waals surface area contributed by atoms with Crippen LogP contribution in [0.5, 0.6) is 0 Å². The quantitative estimate of drug-likeness (QED) is 0.506. The molecular weight excluding hydrogens is 438 g/mol. The van der Waals surface area contributed by atoms with Gasteiger partial charge in [0.25, 0.3) is 11.8 Å². The van der Waals surface area contributed by atoms with Gasteiger partial charge in [-0.15, -0.1) is 11.3 Å². The molecular formula is C24H29N5O3S. The van der Waals surface area contributed by atoms with Gasteiger partial charge < -0.3 is 14.3 Å². The first-order valence-corrected chi connectivity index (χ1v) is 12.2. The Balaban J connectivity index is 1.23. The fourth-order valence-corrected chi connectivity index (χ4v) is 4.47. The summed E-state index contributed by atoms with van der Waals surface area (Å²) in [6, 6.07) is 11.0. The fourth-order valence-electron chi connectivity index (χ4n) is 3.82. The normalized spacial score (nSPS) is 14.4. The molecule has 4 rings (SSSR count). The van der Waals surface area contributed by atoms with E-state index >= 15 is 0 Å². The molecule has 0 bridgehead atoms. The van der Waals surface area contributed by atoms with Gasteiger partial charge in [0.2, 0.25) is 11.7 Å². The van der Waals surface area contributed by atoms with Crippen LogP contribution in [0.4, 0.5) is 0 Å². The Bertz CT molecular complexity index is 1070. The van der Waals surface area contributed by atoms with E-state index in [-0.39, 0.29) is 11.8 Å². The molecule has 1 aromatic carbocycles. The van der Waals surface area contributed by atoms with E-state index in [2.05, 4.69) is 15.0 Å². The van der Waals surface area contributed by atoms with Crippen molar-refractivity contribution in [1.82, 2.24) is 24.8 Å². The minimum atomic E-state index is -0.0688. The Hall–Kier alpha value is -3.04. The molecule has 1 fully saturated rings. The average molecular weight is 468 g/mol. The van der Waals surface area contributed by atoms with Crippen LogP contribution in [0.2, 0.25) is 0 Å². The van der Waals surface area contributed by atoms with Crippen molar-refractivity contribution >= 4 is 23.2 Å². The van der Waals surface area contributed by atoms with Gasteiger partial charge in [0.05, 0.1) is 4.88 Å². The van der Waals surface area contributed by atoms with Gasteiger partial charge in [0.15, 0.2) is 0 Å². The molecule has 2 amide bonds. The Morgan fingerprint density at radius 3 is 2.64 bits per heavy atom. The molecule has 9 heteroatoms. The standard InChI is InChI=1S/C24H29N5O3S/c1-3-27(2)23(30)18-7-4-8-19(17-18)24(31)29-14-12-28(13-15-29)11-5-10-21-25-22(26-32-21)20-9-6-16-33-20/h4,6-9,16-17H,3,5,10-15H2,1-2H3. The van der Waals surface area contributed by atoms with Crippen LogP contribution < -0.4 is 0 Å². The van der Waals surface area contributed by atoms with Gasteiger partial charge in [-0.25, -0.2) is 0 Å². The number of carbonyl (C=O) groups excluding carboxylic acids is 2. The van der Waals surface area contributed by atoms with Crippen molar-refractivity contribution in [2.24, 2.45) is 0 Å². The molecule has 0 saturated carbocycles. The van der Waals surface area contributed by atoms with Crippen molar-refractivity contribution in [3.8, 4) is 10.7 Å². The number of piperazine rings is 1. The Labute approximate surface area is 197 Å². The van der Waals surface area contributed by atoms with E-state index in [1.54, 1.807) is 47.5 Å². The predicted octanol–water partition coefficient (Wildman–Crippen LogP) is 3.28. The molecule has 1 aliphatic heterocycles. The highest BCUT2D eigenvalue weighted by atomic mass is 32.1. The molecule has 0 atom stereocenters. The van der Waals surface area contributed by atoms with E-state index in [9.17, 15) is 9.59 Å². The summed E-state index contributed by atoms with van der Waals surface area (Å²) < 4.78 is 5.37. The zero-order valence-electron chi connectivity index (χ0n) is 19.1. The first kappa shape index (κ1) is 23.1. The van der Waals surface area contributed by atoms with Crippen molar-refractivity contribution in [3.63, 3.8) is 0 Å². The number of aromatic nitrogens is 2. The molecule has 1 aliphatic rings. The van der Waals surface area contributed by atoms with Gasteiger partial charge >= 0.3 is 0 Å². The Morgan fingerprint density at radius 2 is 1.91 bits per heavy atom. The highest BCUT2D eigenvalue weighted by Crippen LogP contribution is 2.21. The summed E-state index contributed by atoms with van der Waals surface area (Å²) in [6.07, 6.45) is 1.67. The van der Waals surface area contributed by atoms with Gasteiger partial charge in [-0.1, -0.05) is 17.3 Å². The lowest BCUT2D eigenvalue weighted by atomic mass is 10.1. The van der Waals surface area contributed by atoms with Crippen LogP contribution in [0.25, 0.3) is 10.7 Å². The number of aryl methyl sites for hydroxylation is 1. The number of hydrogen-bond acceptors (Lipinski definition) is 7. The zero-order valence-corrected chi connectivity index (χ0v) is 19.9. The monoisotopic (exact) mass is 467 g/mol. The van der Waals surface area contributed by atoms with Crippen molar-refractivity contribution in [2.45, 2.75) is 19.8 Å². The Morgan fingerprint density at radius 1 is 1.12 bits per heavy atom. The van der Waals surface area contributed by atoms with Crippen molar-refractivity contribution < 1.29 is 14.1 Å². The van der Waals surface area contributed by atoms with Crippen molar-refractivity contribution in [3.05, 3.63) is 58.8 Å². The highest BCUT2D eigenvalue weighted by molar-refractivity contribution is 7.13. The van der Waals surface area contributed by atoms with Crippen LogP contribution in [0.3, 0.4) is 0 Å². The molecule has 0 radical (unpaired) electrons. The lowest BCUT2D eigenvalue weighted by molar-refractivity contribution is 0.0635. The van der Waals surface area contributed by atoms with E-state index in [4.69, 9.17) is 4.52 Å². The molecule has 1 saturated heterocycles. The summed E-state index contributed by atoms with van der Waals surface area (Å²) in [7, 11) is 1.76. The molecule has 3 heterocycles. The third kappa shape index (κ3) is 5.66. The third-order valence-corrected chi connectivity index (χ3v) is 6.78. The third-order valence-electron chi connectivity index (χ3n) is 5.91. The van der Waals surface area contributed by atoms with Gasteiger partial charge in [0, 0.05) is 57.3 Å². The van der Waals surface area contributed by atoms with Crippen LogP contribution >= 0.6 is 11.3 Å². The molecule has 8 nitrogen and oxygen atoms in total. The molecule has 0 aliphatic carbocycles. The number of rotatable bonds is 8. The summed E-state index contributed by atoms with van der Waals surface area (Å²) in [5.74, 6) is 1.23. The summed E-state index contributed by atoms with van der Waals surface area (Å²) in [6.45, 7) is 6.48. The average Bonchev–Trinajstić information content (AvgIpc) is 3.55. The van der Waals surface area contributed by atoms with Crippen LogP contribution in [0.15, 0.2) is 46.3 Å². The van der Waals surface area contributed by atoms with Crippen LogP contribution in [0.1, 0.15) is 40.0 Å². The summed E-state index contributed by atoms with van der Waals surface area (Å²) in [5.41, 5.74) is 1.11. The number of thiophene rings is 1. The molecule has 174 valence electrons. The lowest BCUT2D eigenvalue weighted by Gasteiger charge is -2.34. The van der Waals surface area contributed by atoms with Crippen LogP contribution in [-0.4, -0.2) is 83.0 Å². The summed E-state index contributed by atoms with van der Waals surface area (Å²) in [4.78, 5) is 36.7. The van der Waals surface area contributed by atoms with Crippen LogP contribution in [-0.2, 0) is 6.42 Å². The van der Waals surface area contributed by atoms with Gasteiger partial charge in [0.1, 0.15) is 0 Å². The molecule has 0 unspecified atom stereocenters. The van der Waals surface area contributed by atoms with E-state index in [1.807, 2.05) is 29.3 Å². The minimum Gasteiger partial charge on any atom is -0.342 e. The predicted molar refractivity (Wildman–Crippen MR) is 127 cm³/mol. The fraction of sp³-hybridized carbons (Fsp3) is 0.417. The molecule has 0 N–H and O–H groups in total. The lowest BCUT2D eigenvalue weighted by Crippen LogP contribution is -2.48. The second-order valence-corrected chi connectivity index (χ2v) is 9.07. The van der Waals surface area contributed by atoms with E-state index in [0.717, 1.165) is 37.4 Å². The van der Waals surface area contributed by atoms with Crippen molar-refractivity contribution in [2.75, 3.05) is 46.3 Å². The van der Waals surface area contributed by atoms with E-state index < -0.39 is 0 Å². The summed E-state index contributed by atoms with van der Waals surface area (Å²) >= 11 is 1.60. The van der Waals surface area contributed by atoms with Gasteiger partial charge in [-0.2, -0.15) is 4.98 Å². The second kappa shape index (κ2) is 10.7. The van der Waals surface area contributed by atoms with Crippen LogP contribution in [0, 0.1) is 0 Å². The van der Waals surface area contributed by atoms with Gasteiger partial charge in [-0.05, 0) is 49.5 Å². The maximum atomic E-state index is 13.0. The smallest absolute Gasteiger partial charge is 0.253 e. The number of benzene rings is 1. The van der Waals surface area contributed by atoms with Gasteiger partial charge in [-0.3, -0.25) is 14.5 Å². The number of hydrogen-bond donors (Lipinski definition) is 0. The van der Waals surface area contributed by atoms with E-state index in [1.165, 1.54) is 0 Å². The number of nitrogens with zero attached hydrogens (tertiary/aromatic N) is 5.